The zero-order valence-corrected chi connectivity index (χ0v) is 20.5. The summed E-state index contributed by atoms with van der Waals surface area (Å²) in [7, 11) is 0. The Labute approximate surface area is 214 Å². The molecule has 3 aromatic rings. The van der Waals surface area contributed by atoms with E-state index in [-0.39, 0.29) is 26.2 Å². The summed E-state index contributed by atoms with van der Waals surface area (Å²) in [6.45, 7) is 1.42. The third-order valence-corrected chi connectivity index (χ3v) is 7.34. The number of hydrogen-bond acceptors (Lipinski definition) is 8. The van der Waals surface area contributed by atoms with E-state index in [4.69, 9.17) is 22.3 Å². The first-order chi connectivity index (χ1) is 17.3. The number of benzene rings is 1. The van der Waals surface area contributed by atoms with Crippen LogP contribution in [0.2, 0.25) is 0 Å². The fourth-order valence-electron chi connectivity index (χ4n) is 4.23. The fourth-order valence-corrected chi connectivity index (χ4v) is 5.47. The molecule has 36 heavy (non-hydrogen) atoms. The Morgan fingerprint density at radius 3 is 2.50 bits per heavy atom. The molecular formula is C24H20FN5O4S2. The van der Waals surface area contributed by atoms with Gasteiger partial charge in [-0.05, 0) is 30.3 Å². The van der Waals surface area contributed by atoms with Crippen molar-refractivity contribution in [1.82, 2.24) is 14.3 Å². The molecule has 5 rings (SSSR count). The van der Waals surface area contributed by atoms with E-state index in [2.05, 4.69) is 0 Å². The van der Waals surface area contributed by atoms with Crippen molar-refractivity contribution in [3.8, 4) is 0 Å². The Hall–Kier alpha value is -3.77. The molecule has 9 nitrogen and oxygen atoms in total. The standard InChI is InChI=1S/C24H20FN5O4S2/c25-16-5-1-2-6-17(16)27-9-11-28(12-10-27)21-15(22(33)29-8-4-3-7-19(29)26-21)13-18-23(34)30(14-20(31)32)24(35)36-18/h1-8,13H,9-12,14H2,(H,31,32)/b18-13-. The minimum absolute atomic E-state index is 0.113. The molecule has 0 spiro atoms. The third-order valence-electron chi connectivity index (χ3n) is 5.96. The number of fused-ring (bicyclic) bond motifs is 1. The summed E-state index contributed by atoms with van der Waals surface area (Å²) in [6.07, 6.45) is 3.03. The van der Waals surface area contributed by atoms with Crippen molar-refractivity contribution in [1.29, 1.82) is 0 Å². The lowest BCUT2D eigenvalue weighted by molar-refractivity contribution is -0.140. The van der Waals surface area contributed by atoms with Crippen LogP contribution in [0.3, 0.4) is 0 Å². The highest BCUT2D eigenvalue weighted by Gasteiger charge is 2.34. The Bertz CT molecular complexity index is 1480. The number of amides is 1. The lowest BCUT2D eigenvalue weighted by Gasteiger charge is -2.37. The van der Waals surface area contributed by atoms with Gasteiger partial charge in [0.25, 0.3) is 11.5 Å². The topological polar surface area (TPSA) is 98.5 Å². The average molecular weight is 526 g/mol. The Morgan fingerprint density at radius 1 is 1.08 bits per heavy atom. The van der Waals surface area contributed by atoms with Gasteiger partial charge in [0.2, 0.25) is 0 Å². The molecule has 0 atom stereocenters. The lowest BCUT2D eigenvalue weighted by atomic mass is 10.2. The number of piperazine rings is 1. The van der Waals surface area contributed by atoms with Crippen molar-refractivity contribution in [2.24, 2.45) is 0 Å². The molecule has 0 bridgehead atoms. The fraction of sp³-hybridized carbons (Fsp3) is 0.208. The van der Waals surface area contributed by atoms with Gasteiger partial charge in [0, 0.05) is 32.4 Å². The van der Waals surface area contributed by atoms with Gasteiger partial charge in [0.1, 0.15) is 28.1 Å². The minimum Gasteiger partial charge on any atom is -0.480 e. The van der Waals surface area contributed by atoms with E-state index in [1.165, 1.54) is 16.5 Å². The molecule has 12 heteroatoms. The van der Waals surface area contributed by atoms with Crippen LogP contribution in [0.4, 0.5) is 15.9 Å². The maximum absolute atomic E-state index is 14.3. The number of thioether (sulfide) groups is 1. The van der Waals surface area contributed by atoms with Crippen molar-refractivity contribution >= 4 is 63.4 Å². The molecule has 2 fully saturated rings. The van der Waals surface area contributed by atoms with E-state index >= 15 is 0 Å². The second kappa shape index (κ2) is 9.70. The van der Waals surface area contributed by atoms with Gasteiger partial charge < -0.3 is 14.9 Å². The number of carboxylic acid groups (broad SMARTS) is 1. The quantitative estimate of drug-likeness (QED) is 0.398. The summed E-state index contributed by atoms with van der Waals surface area (Å²) >= 11 is 6.13. The summed E-state index contributed by atoms with van der Waals surface area (Å²) in [5.41, 5.74) is 0.806. The van der Waals surface area contributed by atoms with Crippen LogP contribution in [0.15, 0.2) is 58.4 Å². The monoisotopic (exact) mass is 525 g/mol. The number of nitrogens with zero attached hydrogens (tertiary/aromatic N) is 5. The van der Waals surface area contributed by atoms with Gasteiger partial charge in [0.05, 0.1) is 16.2 Å². The zero-order valence-electron chi connectivity index (χ0n) is 18.8. The van der Waals surface area contributed by atoms with Crippen LogP contribution in [0.25, 0.3) is 11.7 Å². The predicted molar refractivity (Wildman–Crippen MR) is 140 cm³/mol. The second-order valence-electron chi connectivity index (χ2n) is 8.17. The molecule has 2 aliphatic heterocycles. The largest absolute Gasteiger partial charge is 0.480 e. The van der Waals surface area contributed by atoms with Gasteiger partial charge in [-0.15, -0.1) is 0 Å². The predicted octanol–water partition coefficient (Wildman–Crippen LogP) is 2.45. The van der Waals surface area contributed by atoms with Crippen molar-refractivity contribution in [3.63, 3.8) is 0 Å². The number of rotatable bonds is 5. The highest BCUT2D eigenvalue weighted by molar-refractivity contribution is 8.26. The number of carbonyl (C=O) groups excluding carboxylic acids is 1. The van der Waals surface area contributed by atoms with Crippen molar-refractivity contribution in [2.45, 2.75) is 0 Å². The van der Waals surface area contributed by atoms with Gasteiger partial charge >= 0.3 is 5.97 Å². The summed E-state index contributed by atoms with van der Waals surface area (Å²) in [6, 6.07) is 11.8. The van der Waals surface area contributed by atoms with Crippen LogP contribution in [-0.4, -0.2) is 68.3 Å². The molecule has 4 heterocycles. The molecule has 1 amide bonds. The minimum atomic E-state index is -1.19. The molecule has 1 N–H and O–H groups in total. The van der Waals surface area contributed by atoms with Crippen molar-refractivity contribution in [3.05, 3.63) is 75.3 Å². The highest BCUT2D eigenvalue weighted by atomic mass is 32.2. The normalized spacial score (nSPS) is 17.5. The highest BCUT2D eigenvalue weighted by Crippen LogP contribution is 2.33. The Balaban J connectivity index is 1.52. The van der Waals surface area contributed by atoms with E-state index in [9.17, 15) is 18.8 Å². The number of carbonyl (C=O) groups is 2. The van der Waals surface area contributed by atoms with E-state index in [0.717, 1.165) is 16.7 Å². The molecular weight excluding hydrogens is 505 g/mol. The summed E-state index contributed by atoms with van der Waals surface area (Å²) in [4.78, 5) is 47.2. The van der Waals surface area contributed by atoms with Crippen molar-refractivity contribution in [2.75, 3.05) is 42.5 Å². The number of carboxylic acids is 1. The first-order valence-corrected chi connectivity index (χ1v) is 12.3. The first kappa shape index (κ1) is 23.9. The molecule has 2 saturated heterocycles. The van der Waals surface area contributed by atoms with Crippen LogP contribution in [0.5, 0.6) is 0 Å². The number of para-hydroxylation sites is 1. The number of halogens is 1. The number of thiocarbonyl (C=S) groups is 1. The second-order valence-corrected chi connectivity index (χ2v) is 9.85. The zero-order chi connectivity index (χ0) is 25.4. The number of aromatic nitrogens is 2. The molecule has 184 valence electrons. The number of anilines is 2. The van der Waals surface area contributed by atoms with E-state index < -0.39 is 18.4 Å². The van der Waals surface area contributed by atoms with Crippen LogP contribution < -0.4 is 15.4 Å². The van der Waals surface area contributed by atoms with Crippen LogP contribution in [-0.2, 0) is 9.59 Å². The SMILES string of the molecule is O=C(O)CN1C(=O)/C(=C/c2c(N3CCN(c4ccccc4F)CC3)nc3ccccn3c2=O)SC1=S. The van der Waals surface area contributed by atoms with Crippen LogP contribution >= 0.6 is 24.0 Å². The maximum Gasteiger partial charge on any atom is 0.323 e. The third kappa shape index (κ3) is 4.44. The van der Waals surface area contributed by atoms with E-state index in [0.29, 0.717) is 43.3 Å². The average Bonchev–Trinajstić information content (AvgIpc) is 3.13. The van der Waals surface area contributed by atoms with E-state index in [1.54, 1.807) is 42.6 Å². The Kier molecular flexibility index (Phi) is 6.46. The Morgan fingerprint density at radius 2 is 1.78 bits per heavy atom. The lowest BCUT2D eigenvalue weighted by Crippen LogP contribution is -2.47. The first-order valence-electron chi connectivity index (χ1n) is 11.1. The van der Waals surface area contributed by atoms with Crippen LogP contribution in [0.1, 0.15) is 5.56 Å². The van der Waals surface area contributed by atoms with Crippen molar-refractivity contribution < 1.29 is 19.1 Å². The number of pyridine rings is 1. The summed E-state index contributed by atoms with van der Waals surface area (Å²) in [5.74, 6) is -1.64. The molecule has 2 aromatic heterocycles. The van der Waals surface area contributed by atoms with Gasteiger partial charge in [-0.3, -0.25) is 23.7 Å². The van der Waals surface area contributed by atoms with Gasteiger partial charge in [-0.1, -0.05) is 42.2 Å². The molecule has 0 unspecified atom stereocenters. The maximum atomic E-state index is 14.3. The molecule has 2 aliphatic rings. The summed E-state index contributed by atoms with van der Waals surface area (Å²) < 4.78 is 15.8. The van der Waals surface area contributed by atoms with Crippen LogP contribution in [0, 0.1) is 5.82 Å². The number of hydrogen-bond donors (Lipinski definition) is 1. The van der Waals surface area contributed by atoms with Gasteiger partial charge in [-0.25, -0.2) is 9.37 Å². The van der Waals surface area contributed by atoms with Gasteiger partial charge in [0.15, 0.2) is 0 Å². The van der Waals surface area contributed by atoms with E-state index in [1.807, 2.05) is 9.80 Å². The smallest absolute Gasteiger partial charge is 0.323 e. The molecule has 0 saturated carbocycles. The molecule has 0 aliphatic carbocycles. The molecule has 1 aromatic carbocycles. The molecule has 0 radical (unpaired) electrons. The summed E-state index contributed by atoms with van der Waals surface area (Å²) in [5, 5.41) is 9.10. The van der Waals surface area contributed by atoms with Gasteiger partial charge in [-0.2, -0.15) is 0 Å². The number of aliphatic carboxylic acids is 1.